The van der Waals surface area contributed by atoms with E-state index in [1.54, 1.807) is 0 Å². The van der Waals surface area contributed by atoms with Crippen molar-refractivity contribution in [2.45, 2.75) is 12.6 Å². The highest BCUT2D eigenvalue weighted by Crippen LogP contribution is 2.08. The van der Waals surface area contributed by atoms with Gasteiger partial charge in [0.2, 0.25) is 0 Å². The number of hydrogen-bond donors (Lipinski definition) is 1. The van der Waals surface area contributed by atoms with Crippen molar-refractivity contribution in [2.24, 2.45) is 0 Å². The summed E-state index contributed by atoms with van der Waals surface area (Å²) < 4.78 is 12.1. The van der Waals surface area contributed by atoms with Gasteiger partial charge in [0, 0.05) is 19.2 Å². The topological polar surface area (TPSA) is 40.5 Å². The molecule has 0 aromatic heterocycles. The van der Waals surface area contributed by atoms with E-state index >= 15 is 0 Å². The lowest BCUT2D eigenvalue weighted by Gasteiger charge is -2.01. The van der Waals surface area contributed by atoms with E-state index in [0.717, 1.165) is 19.0 Å². The predicted octanol–water partition coefficient (Wildman–Crippen LogP) is 0.917. The zero-order chi connectivity index (χ0) is 9.56. The molecule has 1 saturated heterocycles. The Labute approximate surface area is 71.5 Å². The molecule has 1 N–H and O–H groups in total. The number of carboxylic acids is 1. The van der Waals surface area contributed by atoms with E-state index in [9.17, 15) is 9.18 Å². The molecule has 3 nitrogen and oxygen atoms in total. The molecule has 1 atom stereocenters. The van der Waals surface area contributed by atoms with E-state index in [2.05, 4.69) is 6.58 Å². The van der Waals surface area contributed by atoms with Gasteiger partial charge in [-0.2, -0.15) is 0 Å². The summed E-state index contributed by atoms with van der Waals surface area (Å²) in [6.45, 7) is 4.53. The molecule has 1 fully saturated rings. The first kappa shape index (κ1) is 11.1. The van der Waals surface area contributed by atoms with E-state index < -0.39 is 12.1 Å². The number of aliphatic carboxylic acids is 1. The average molecular weight is 175 g/mol. The van der Waals surface area contributed by atoms with Gasteiger partial charge >= 0.3 is 5.97 Å². The molecule has 12 heavy (non-hydrogen) atoms. The molecule has 0 aromatic rings. The van der Waals surface area contributed by atoms with E-state index in [4.69, 9.17) is 5.11 Å². The van der Waals surface area contributed by atoms with Crippen molar-refractivity contribution in [2.75, 3.05) is 20.1 Å². The third-order valence-corrected chi connectivity index (χ3v) is 1.51. The fourth-order valence-corrected chi connectivity index (χ4v) is 0.881. The fraction of sp³-hybridized carbons (Fsp3) is 0.625. The third-order valence-electron chi connectivity index (χ3n) is 1.51. The summed E-state index contributed by atoms with van der Waals surface area (Å²) in [6.07, 6.45) is 1.02. The SMILES string of the molecule is C=CC(=O)O.CN1CCC(F)C1. The van der Waals surface area contributed by atoms with Gasteiger partial charge in [0.15, 0.2) is 0 Å². The van der Waals surface area contributed by atoms with Crippen LogP contribution in [0.4, 0.5) is 4.39 Å². The van der Waals surface area contributed by atoms with Crippen LogP contribution >= 0.6 is 0 Å². The molecule has 4 heteroatoms. The summed E-state index contributed by atoms with van der Waals surface area (Å²) in [6, 6.07) is 0. The maximum absolute atomic E-state index is 12.1. The molecular weight excluding hydrogens is 161 g/mol. The summed E-state index contributed by atoms with van der Waals surface area (Å²) in [4.78, 5) is 11.3. The van der Waals surface area contributed by atoms with Gasteiger partial charge in [0.25, 0.3) is 0 Å². The summed E-state index contributed by atoms with van der Waals surface area (Å²) in [5.41, 5.74) is 0. The molecule has 0 amide bonds. The maximum atomic E-state index is 12.1. The predicted molar refractivity (Wildman–Crippen MR) is 44.8 cm³/mol. The third kappa shape index (κ3) is 5.85. The van der Waals surface area contributed by atoms with Crippen LogP contribution in [0.5, 0.6) is 0 Å². The lowest BCUT2D eigenvalue weighted by atomic mass is 10.4. The van der Waals surface area contributed by atoms with Crippen LogP contribution in [0, 0.1) is 0 Å². The lowest BCUT2D eigenvalue weighted by Crippen LogP contribution is -2.13. The Morgan fingerprint density at radius 1 is 1.83 bits per heavy atom. The standard InChI is InChI=1S/C5H10FN.C3H4O2/c1-7-3-2-5(6)4-7;1-2-3(4)5/h5H,2-4H2,1H3;2H,1H2,(H,4,5). The Kier molecular flexibility index (Phi) is 5.28. The van der Waals surface area contributed by atoms with Crippen LogP contribution in [-0.2, 0) is 4.79 Å². The molecule has 1 heterocycles. The van der Waals surface area contributed by atoms with Gasteiger partial charge in [-0.25, -0.2) is 9.18 Å². The zero-order valence-corrected chi connectivity index (χ0v) is 7.16. The molecule has 0 aliphatic carbocycles. The molecule has 0 saturated carbocycles. The second-order valence-corrected chi connectivity index (χ2v) is 2.69. The van der Waals surface area contributed by atoms with Crippen LogP contribution in [-0.4, -0.2) is 42.3 Å². The Morgan fingerprint density at radius 2 is 2.33 bits per heavy atom. The Bertz CT molecular complexity index is 153. The van der Waals surface area contributed by atoms with Gasteiger partial charge in [-0.1, -0.05) is 6.58 Å². The van der Waals surface area contributed by atoms with Crippen molar-refractivity contribution in [3.8, 4) is 0 Å². The first-order valence-corrected chi connectivity index (χ1v) is 3.74. The summed E-state index contributed by atoms with van der Waals surface area (Å²) in [5, 5.41) is 7.60. The highest BCUT2D eigenvalue weighted by Gasteiger charge is 2.17. The lowest BCUT2D eigenvalue weighted by molar-refractivity contribution is -0.131. The fourth-order valence-electron chi connectivity index (χ4n) is 0.881. The zero-order valence-electron chi connectivity index (χ0n) is 7.16. The maximum Gasteiger partial charge on any atom is 0.327 e. The van der Waals surface area contributed by atoms with Crippen molar-refractivity contribution in [1.29, 1.82) is 0 Å². The van der Waals surface area contributed by atoms with E-state index in [1.165, 1.54) is 0 Å². The van der Waals surface area contributed by atoms with Crippen molar-refractivity contribution in [3.63, 3.8) is 0 Å². The van der Waals surface area contributed by atoms with Crippen molar-refractivity contribution in [3.05, 3.63) is 12.7 Å². The minimum atomic E-state index is -0.981. The number of carboxylic acid groups (broad SMARTS) is 1. The second kappa shape index (κ2) is 5.71. The smallest absolute Gasteiger partial charge is 0.327 e. The largest absolute Gasteiger partial charge is 0.478 e. The van der Waals surface area contributed by atoms with Crippen molar-refractivity contribution < 1.29 is 14.3 Å². The molecule has 0 spiro atoms. The number of alkyl halides is 1. The highest BCUT2D eigenvalue weighted by atomic mass is 19.1. The first-order chi connectivity index (χ1) is 5.56. The average Bonchev–Trinajstić information content (AvgIpc) is 2.36. The van der Waals surface area contributed by atoms with E-state index in [1.807, 2.05) is 11.9 Å². The molecule has 1 unspecified atom stereocenters. The van der Waals surface area contributed by atoms with Gasteiger partial charge < -0.3 is 10.0 Å². The molecular formula is C8H14FNO2. The summed E-state index contributed by atoms with van der Waals surface area (Å²) >= 11 is 0. The van der Waals surface area contributed by atoms with Gasteiger partial charge in [-0.05, 0) is 13.5 Å². The van der Waals surface area contributed by atoms with Crippen molar-refractivity contribution >= 4 is 5.97 Å². The van der Waals surface area contributed by atoms with Crippen LogP contribution in [0.15, 0.2) is 12.7 Å². The van der Waals surface area contributed by atoms with Crippen LogP contribution in [0.1, 0.15) is 6.42 Å². The number of nitrogens with zero attached hydrogens (tertiary/aromatic N) is 1. The Balaban J connectivity index is 0.000000217. The minimum Gasteiger partial charge on any atom is -0.478 e. The monoisotopic (exact) mass is 175 g/mol. The summed E-state index contributed by atoms with van der Waals surface area (Å²) in [5.74, 6) is -0.981. The van der Waals surface area contributed by atoms with Crippen molar-refractivity contribution in [1.82, 2.24) is 4.90 Å². The first-order valence-electron chi connectivity index (χ1n) is 3.74. The second-order valence-electron chi connectivity index (χ2n) is 2.69. The van der Waals surface area contributed by atoms with Gasteiger partial charge in [0.1, 0.15) is 6.17 Å². The van der Waals surface area contributed by atoms with E-state index in [0.29, 0.717) is 6.54 Å². The Morgan fingerprint density at radius 3 is 2.42 bits per heavy atom. The molecule has 0 aromatic carbocycles. The Hall–Kier alpha value is -0.900. The van der Waals surface area contributed by atoms with Crippen LogP contribution in [0.2, 0.25) is 0 Å². The number of rotatable bonds is 1. The van der Waals surface area contributed by atoms with Crippen LogP contribution < -0.4 is 0 Å². The molecule has 1 rings (SSSR count). The van der Waals surface area contributed by atoms with Crippen LogP contribution in [0.3, 0.4) is 0 Å². The van der Waals surface area contributed by atoms with Gasteiger partial charge in [-0.3, -0.25) is 0 Å². The number of likely N-dealkylation sites (tertiary alicyclic amines) is 1. The molecule has 1 aliphatic heterocycles. The molecule has 0 radical (unpaired) electrons. The van der Waals surface area contributed by atoms with Gasteiger partial charge in [-0.15, -0.1) is 0 Å². The molecule has 1 aliphatic rings. The molecule has 70 valence electrons. The minimum absolute atomic E-state index is 0.551. The highest BCUT2D eigenvalue weighted by molar-refractivity contribution is 5.78. The van der Waals surface area contributed by atoms with E-state index in [-0.39, 0.29) is 0 Å². The normalized spacial score (nSPS) is 22.7. The van der Waals surface area contributed by atoms with Crippen LogP contribution in [0.25, 0.3) is 0 Å². The summed E-state index contributed by atoms with van der Waals surface area (Å²) in [7, 11) is 1.94. The van der Waals surface area contributed by atoms with Gasteiger partial charge in [0.05, 0.1) is 0 Å². The number of hydrogen-bond acceptors (Lipinski definition) is 2. The number of carbonyl (C=O) groups is 1. The molecule has 0 bridgehead atoms. The number of halogens is 1. The quantitative estimate of drug-likeness (QED) is 0.602.